The van der Waals surface area contributed by atoms with E-state index >= 15 is 0 Å². The third kappa shape index (κ3) is 6.94. The van der Waals surface area contributed by atoms with Crippen LogP contribution in [0.4, 0.5) is 0 Å². The zero-order valence-electron chi connectivity index (χ0n) is 11.1. The maximum Gasteiger partial charge on any atom is 0.308 e. The molecule has 0 aromatic heterocycles. The smallest absolute Gasteiger partial charge is 0.308 e. The van der Waals surface area contributed by atoms with Crippen molar-refractivity contribution in [3.8, 4) is 0 Å². The van der Waals surface area contributed by atoms with Gasteiger partial charge in [-0.1, -0.05) is 27.7 Å². The largest absolute Gasteiger partial charge is 0.481 e. The molecule has 0 aliphatic carbocycles. The summed E-state index contributed by atoms with van der Waals surface area (Å²) in [6, 6.07) is -0.556. The highest BCUT2D eigenvalue weighted by Crippen LogP contribution is 2.24. The number of aliphatic carboxylic acids is 1. The number of carbonyl (C=O) groups is 2. The van der Waals surface area contributed by atoms with Crippen LogP contribution in [0.25, 0.3) is 0 Å². The van der Waals surface area contributed by atoms with Crippen molar-refractivity contribution in [2.45, 2.75) is 46.6 Å². The molecule has 0 rings (SSSR count). The van der Waals surface area contributed by atoms with Crippen LogP contribution in [0.1, 0.15) is 40.5 Å². The van der Waals surface area contributed by atoms with Gasteiger partial charge in [0.1, 0.15) is 0 Å². The third-order valence-corrected chi connectivity index (χ3v) is 2.51. The van der Waals surface area contributed by atoms with Crippen LogP contribution in [0.2, 0.25) is 0 Å². The number of carboxylic acid groups (broad SMARTS) is 1. The standard InChI is InChI=1S/C12H24N2O3/c1-5-9(13)10(15)14-7-8(11(16)17)6-12(2,3)4/h8-9H,5-7,13H2,1-4H3,(H,14,15)(H,16,17). The lowest BCUT2D eigenvalue weighted by molar-refractivity contribution is -0.142. The van der Waals surface area contributed by atoms with Crippen molar-refractivity contribution in [2.24, 2.45) is 17.1 Å². The lowest BCUT2D eigenvalue weighted by Crippen LogP contribution is -2.43. The molecule has 0 heterocycles. The number of carboxylic acids is 1. The number of nitrogens with two attached hydrogens (primary N) is 1. The van der Waals surface area contributed by atoms with E-state index in [1.807, 2.05) is 27.7 Å². The highest BCUT2D eigenvalue weighted by molar-refractivity contribution is 5.82. The Balaban J connectivity index is 4.29. The number of rotatable bonds is 6. The zero-order valence-corrected chi connectivity index (χ0v) is 11.1. The molecule has 0 fully saturated rings. The zero-order chi connectivity index (χ0) is 13.6. The second kappa shape index (κ2) is 6.59. The van der Waals surface area contributed by atoms with Crippen molar-refractivity contribution in [1.82, 2.24) is 5.32 Å². The number of nitrogens with one attached hydrogen (secondary N) is 1. The lowest BCUT2D eigenvalue weighted by atomic mass is 9.84. The molecule has 5 heteroatoms. The molecule has 100 valence electrons. The van der Waals surface area contributed by atoms with Gasteiger partial charge in [0, 0.05) is 6.54 Å². The van der Waals surface area contributed by atoms with E-state index in [1.165, 1.54) is 0 Å². The van der Waals surface area contributed by atoms with Gasteiger partial charge < -0.3 is 16.2 Å². The van der Waals surface area contributed by atoms with E-state index in [1.54, 1.807) is 0 Å². The molecule has 1 amide bonds. The highest BCUT2D eigenvalue weighted by Gasteiger charge is 2.25. The normalized spacial score (nSPS) is 15.1. The Morgan fingerprint density at radius 3 is 2.24 bits per heavy atom. The fourth-order valence-corrected chi connectivity index (χ4v) is 1.53. The first-order valence-corrected chi connectivity index (χ1v) is 5.93. The molecule has 5 nitrogen and oxygen atoms in total. The van der Waals surface area contributed by atoms with Gasteiger partial charge in [-0.05, 0) is 18.3 Å². The maximum absolute atomic E-state index is 11.4. The van der Waals surface area contributed by atoms with Crippen molar-refractivity contribution in [3.63, 3.8) is 0 Å². The third-order valence-electron chi connectivity index (χ3n) is 2.51. The predicted molar refractivity (Wildman–Crippen MR) is 66.5 cm³/mol. The first-order valence-electron chi connectivity index (χ1n) is 5.93. The van der Waals surface area contributed by atoms with Crippen molar-refractivity contribution < 1.29 is 14.7 Å². The molecule has 0 spiro atoms. The summed E-state index contributed by atoms with van der Waals surface area (Å²) in [5.74, 6) is -1.74. The summed E-state index contributed by atoms with van der Waals surface area (Å²) >= 11 is 0. The summed E-state index contributed by atoms with van der Waals surface area (Å²) < 4.78 is 0. The molecule has 0 aliphatic rings. The van der Waals surface area contributed by atoms with Crippen molar-refractivity contribution in [1.29, 1.82) is 0 Å². The van der Waals surface area contributed by atoms with Gasteiger partial charge in [-0.2, -0.15) is 0 Å². The summed E-state index contributed by atoms with van der Waals surface area (Å²) in [5.41, 5.74) is 5.46. The van der Waals surface area contributed by atoms with Gasteiger partial charge in [-0.25, -0.2) is 0 Å². The van der Waals surface area contributed by atoms with E-state index in [-0.39, 0.29) is 17.9 Å². The van der Waals surface area contributed by atoms with E-state index in [9.17, 15) is 9.59 Å². The Kier molecular flexibility index (Phi) is 6.16. The number of carbonyl (C=O) groups excluding carboxylic acids is 1. The van der Waals surface area contributed by atoms with Gasteiger partial charge >= 0.3 is 5.97 Å². The summed E-state index contributed by atoms with van der Waals surface area (Å²) in [4.78, 5) is 22.5. The number of amides is 1. The molecular formula is C12H24N2O3. The van der Waals surface area contributed by atoms with Gasteiger partial charge in [0.2, 0.25) is 5.91 Å². The minimum absolute atomic E-state index is 0.0827. The van der Waals surface area contributed by atoms with Crippen molar-refractivity contribution in [2.75, 3.05) is 6.54 Å². The predicted octanol–water partition coefficient (Wildman–Crippen LogP) is 0.977. The van der Waals surface area contributed by atoms with Gasteiger partial charge in [-0.3, -0.25) is 9.59 Å². The summed E-state index contributed by atoms with van der Waals surface area (Å²) in [5, 5.41) is 11.7. The second-order valence-corrected chi connectivity index (χ2v) is 5.56. The molecule has 0 aromatic rings. The van der Waals surface area contributed by atoms with Gasteiger partial charge in [0.05, 0.1) is 12.0 Å². The first kappa shape index (κ1) is 15.9. The van der Waals surface area contributed by atoms with E-state index in [2.05, 4.69) is 5.32 Å². The second-order valence-electron chi connectivity index (χ2n) is 5.56. The van der Waals surface area contributed by atoms with Crippen LogP contribution in [-0.4, -0.2) is 29.6 Å². The van der Waals surface area contributed by atoms with E-state index in [4.69, 9.17) is 10.8 Å². The van der Waals surface area contributed by atoms with Crippen LogP contribution in [0.3, 0.4) is 0 Å². The number of hydrogen-bond donors (Lipinski definition) is 3. The number of hydrogen-bond acceptors (Lipinski definition) is 3. The van der Waals surface area contributed by atoms with Crippen LogP contribution in [0.5, 0.6) is 0 Å². The fourth-order valence-electron chi connectivity index (χ4n) is 1.53. The summed E-state index contributed by atoms with van der Waals surface area (Å²) in [6.45, 7) is 7.88. The Morgan fingerprint density at radius 2 is 1.88 bits per heavy atom. The molecule has 0 bridgehead atoms. The van der Waals surface area contributed by atoms with Crippen molar-refractivity contribution in [3.05, 3.63) is 0 Å². The molecular weight excluding hydrogens is 220 g/mol. The average molecular weight is 244 g/mol. The van der Waals surface area contributed by atoms with Crippen LogP contribution in [-0.2, 0) is 9.59 Å². The Bertz CT molecular complexity index is 271. The topological polar surface area (TPSA) is 92.4 Å². The SMILES string of the molecule is CCC(N)C(=O)NCC(CC(C)(C)C)C(=O)O. The monoisotopic (exact) mass is 244 g/mol. The van der Waals surface area contributed by atoms with Crippen LogP contribution < -0.4 is 11.1 Å². The molecule has 4 N–H and O–H groups in total. The maximum atomic E-state index is 11.4. The molecule has 17 heavy (non-hydrogen) atoms. The summed E-state index contributed by atoms with van der Waals surface area (Å²) in [7, 11) is 0. The molecule has 0 aromatic carbocycles. The first-order chi connectivity index (χ1) is 7.67. The molecule has 0 saturated carbocycles. The minimum Gasteiger partial charge on any atom is -0.481 e. The van der Waals surface area contributed by atoms with Gasteiger partial charge in [0.15, 0.2) is 0 Å². The Hall–Kier alpha value is -1.10. The van der Waals surface area contributed by atoms with E-state index in [0.717, 1.165) is 0 Å². The van der Waals surface area contributed by atoms with Crippen LogP contribution in [0.15, 0.2) is 0 Å². The van der Waals surface area contributed by atoms with Gasteiger partial charge in [0.25, 0.3) is 0 Å². The van der Waals surface area contributed by atoms with Crippen molar-refractivity contribution >= 4 is 11.9 Å². The lowest BCUT2D eigenvalue weighted by Gasteiger charge is -2.23. The summed E-state index contributed by atoms with van der Waals surface area (Å²) in [6.07, 6.45) is 1.06. The minimum atomic E-state index is -0.884. The molecule has 0 radical (unpaired) electrons. The fraction of sp³-hybridized carbons (Fsp3) is 0.833. The average Bonchev–Trinajstić information content (AvgIpc) is 2.20. The van der Waals surface area contributed by atoms with Crippen LogP contribution >= 0.6 is 0 Å². The highest BCUT2D eigenvalue weighted by atomic mass is 16.4. The molecule has 0 aliphatic heterocycles. The Labute approximate surface area is 103 Å². The van der Waals surface area contributed by atoms with E-state index in [0.29, 0.717) is 12.8 Å². The van der Waals surface area contributed by atoms with Crippen LogP contribution in [0, 0.1) is 11.3 Å². The quantitative estimate of drug-likeness (QED) is 0.649. The molecule has 2 unspecified atom stereocenters. The molecule has 0 saturated heterocycles. The Morgan fingerprint density at radius 1 is 1.35 bits per heavy atom. The van der Waals surface area contributed by atoms with Gasteiger partial charge in [-0.15, -0.1) is 0 Å². The molecule has 2 atom stereocenters. The van der Waals surface area contributed by atoms with E-state index < -0.39 is 17.9 Å².